The summed E-state index contributed by atoms with van der Waals surface area (Å²) < 4.78 is 12.9. The van der Waals surface area contributed by atoms with E-state index >= 15 is 0 Å². The number of aromatic nitrogens is 3. The van der Waals surface area contributed by atoms with E-state index in [0.717, 1.165) is 0 Å². The second-order valence-electron chi connectivity index (χ2n) is 5.21. The quantitative estimate of drug-likeness (QED) is 0.669. The van der Waals surface area contributed by atoms with Gasteiger partial charge < -0.3 is 15.4 Å². The molecule has 3 rings (SSSR count). The fourth-order valence-electron chi connectivity index (χ4n) is 2.20. The van der Waals surface area contributed by atoms with E-state index in [1.807, 2.05) is 0 Å². The number of pyridine rings is 1. The van der Waals surface area contributed by atoms with Gasteiger partial charge in [-0.2, -0.15) is 0 Å². The molecule has 126 valence electrons. The number of hydrogen-bond donors (Lipinski definition) is 3. The van der Waals surface area contributed by atoms with Crippen LogP contribution in [0.1, 0.15) is 15.9 Å². The van der Waals surface area contributed by atoms with E-state index in [0.29, 0.717) is 16.8 Å². The molecular weight excluding hydrogens is 327 g/mol. The number of aromatic hydroxyl groups is 1. The Hall–Kier alpha value is -3.55. The molecule has 8 heteroatoms. The van der Waals surface area contributed by atoms with Crippen molar-refractivity contribution < 1.29 is 14.3 Å². The van der Waals surface area contributed by atoms with Crippen LogP contribution in [0.25, 0.3) is 11.3 Å². The average Bonchev–Trinajstić information content (AvgIpc) is 2.64. The molecule has 2 aromatic heterocycles. The lowest BCUT2D eigenvalue weighted by Crippen LogP contribution is -2.25. The summed E-state index contributed by atoms with van der Waals surface area (Å²) in [7, 11) is 0. The first-order chi connectivity index (χ1) is 12.0. The number of halogens is 1. The maximum absolute atomic E-state index is 12.9. The molecule has 0 aliphatic carbocycles. The molecule has 1 amide bonds. The van der Waals surface area contributed by atoms with Crippen molar-refractivity contribution in [3.05, 3.63) is 76.4 Å². The number of carbonyl (C=O) groups excluding carboxylic acids is 1. The van der Waals surface area contributed by atoms with Crippen LogP contribution in [0, 0.1) is 5.82 Å². The topological polar surface area (TPSA) is 108 Å². The molecule has 25 heavy (non-hydrogen) atoms. The van der Waals surface area contributed by atoms with Crippen molar-refractivity contribution in [1.82, 2.24) is 20.3 Å². The number of nitrogens with zero attached hydrogens (tertiary/aromatic N) is 2. The molecule has 0 unspecified atom stereocenters. The fourth-order valence-corrected chi connectivity index (χ4v) is 2.20. The summed E-state index contributed by atoms with van der Waals surface area (Å²) in [6.07, 6.45) is 4.27. The van der Waals surface area contributed by atoms with Crippen molar-refractivity contribution in [2.24, 2.45) is 0 Å². The summed E-state index contributed by atoms with van der Waals surface area (Å²) >= 11 is 0. The predicted octanol–water partition coefficient (Wildman–Crippen LogP) is 1.61. The van der Waals surface area contributed by atoms with Crippen LogP contribution >= 0.6 is 0 Å². The third kappa shape index (κ3) is 3.69. The number of benzene rings is 1. The van der Waals surface area contributed by atoms with Gasteiger partial charge in [-0.05, 0) is 23.8 Å². The minimum atomic E-state index is -0.798. The first kappa shape index (κ1) is 16.3. The van der Waals surface area contributed by atoms with Gasteiger partial charge in [0.2, 0.25) is 0 Å². The second-order valence-corrected chi connectivity index (χ2v) is 5.21. The van der Waals surface area contributed by atoms with E-state index in [4.69, 9.17) is 0 Å². The molecule has 0 saturated carbocycles. The van der Waals surface area contributed by atoms with Gasteiger partial charge in [-0.15, -0.1) is 0 Å². The first-order valence-corrected chi connectivity index (χ1v) is 7.29. The lowest BCUT2D eigenvalue weighted by Gasteiger charge is -2.09. The molecule has 0 saturated heterocycles. The number of nitrogens with one attached hydrogen (secondary N) is 2. The first-order valence-electron chi connectivity index (χ1n) is 7.29. The predicted molar refractivity (Wildman–Crippen MR) is 87.3 cm³/mol. The maximum Gasteiger partial charge on any atom is 0.291 e. The van der Waals surface area contributed by atoms with Gasteiger partial charge in [0, 0.05) is 24.5 Å². The molecule has 0 fully saturated rings. The van der Waals surface area contributed by atoms with Gasteiger partial charge in [0.25, 0.3) is 11.5 Å². The highest BCUT2D eigenvalue weighted by Crippen LogP contribution is 2.19. The zero-order valence-electron chi connectivity index (χ0n) is 12.9. The van der Waals surface area contributed by atoms with E-state index in [1.165, 1.54) is 49.1 Å². The van der Waals surface area contributed by atoms with Crippen LogP contribution in [0.3, 0.4) is 0 Å². The Morgan fingerprint density at radius 1 is 1.20 bits per heavy atom. The van der Waals surface area contributed by atoms with E-state index in [-0.39, 0.29) is 17.9 Å². The van der Waals surface area contributed by atoms with E-state index in [1.54, 1.807) is 0 Å². The highest BCUT2D eigenvalue weighted by Gasteiger charge is 2.16. The van der Waals surface area contributed by atoms with Gasteiger partial charge in [-0.3, -0.25) is 9.59 Å². The molecule has 0 bridgehead atoms. The lowest BCUT2D eigenvalue weighted by molar-refractivity contribution is 0.0948. The van der Waals surface area contributed by atoms with Gasteiger partial charge >= 0.3 is 0 Å². The molecule has 0 aliphatic heterocycles. The average molecular weight is 340 g/mol. The van der Waals surface area contributed by atoms with Gasteiger partial charge in [0.05, 0.1) is 11.3 Å². The zero-order valence-corrected chi connectivity index (χ0v) is 12.9. The van der Waals surface area contributed by atoms with E-state index < -0.39 is 17.2 Å². The van der Waals surface area contributed by atoms with Crippen molar-refractivity contribution in [3.8, 4) is 17.0 Å². The fraction of sp³-hybridized carbons (Fsp3) is 0.0588. The second kappa shape index (κ2) is 6.91. The standard InChI is InChI=1S/C17H13FN4O3/c18-12-3-1-10(2-4-12)6-21-16(24)13-5-14(22-17(25)15(13)23)11-7-19-9-20-8-11/h1-5,7-9,23H,6H2,(H,21,24)(H,22,25). The van der Waals surface area contributed by atoms with Crippen molar-refractivity contribution in [1.29, 1.82) is 0 Å². The minimum Gasteiger partial charge on any atom is -0.502 e. The Kier molecular flexibility index (Phi) is 4.51. The van der Waals surface area contributed by atoms with E-state index in [2.05, 4.69) is 20.3 Å². The summed E-state index contributed by atoms with van der Waals surface area (Å²) in [4.78, 5) is 34.3. The Balaban J connectivity index is 1.85. The van der Waals surface area contributed by atoms with Gasteiger partial charge in [0.1, 0.15) is 12.1 Å². The number of amides is 1. The van der Waals surface area contributed by atoms with Crippen LogP contribution in [-0.4, -0.2) is 26.0 Å². The van der Waals surface area contributed by atoms with Gasteiger partial charge in [-0.1, -0.05) is 12.1 Å². The summed E-state index contributed by atoms with van der Waals surface area (Å²) in [6, 6.07) is 6.95. The molecule has 7 nitrogen and oxygen atoms in total. The monoisotopic (exact) mass is 340 g/mol. The number of hydrogen-bond acceptors (Lipinski definition) is 5. The van der Waals surface area contributed by atoms with Crippen molar-refractivity contribution >= 4 is 5.91 Å². The van der Waals surface area contributed by atoms with Crippen LogP contribution in [0.5, 0.6) is 5.75 Å². The zero-order chi connectivity index (χ0) is 17.8. The molecular formula is C17H13FN4O3. The highest BCUT2D eigenvalue weighted by molar-refractivity contribution is 5.97. The molecule has 3 aromatic rings. The van der Waals surface area contributed by atoms with Crippen molar-refractivity contribution in [2.75, 3.05) is 0 Å². The summed E-state index contributed by atoms with van der Waals surface area (Å²) in [6.45, 7) is 0.120. The molecule has 3 N–H and O–H groups in total. The summed E-state index contributed by atoms with van der Waals surface area (Å²) in [5.41, 5.74) is 0.497. The lowest BCUT2D eigenvalue weighted by atomic mass is 10.1. The van der Waals surface area contributed by atoms with Gasteiger partial charge in [-0.25, -0.2) is 14.4 Å². The van der Waals surface area contributed by atoms with Crippen LogP contribution in [-0.2, 0) is 6.54 Å². The molecule has 0 aliphatic rings. The van der Waals surface area contributed by atoms with E-state index in [9.17, 15) is 19.1 Å². The van der Waals surface area contributed by atoms with Crippen LogP contribution < -0.4 is 10.9 Å². The SMILES string of the molecule is O=C(NCc1ccc(F)cc1)c1cc(-c2cncnc2)[nH]c(=O)c1O. The highest BCUT2D eigenvalue weighted by atomic mass is 19.1. The number of carbonyl (C=O) groups is 1. The normalized spacial score (nSPS) is 10.4. The van der Waals surface area contributed by atoms with Crippen LogP contribution in [0.4, 0.5) is 4.39 Å². The Bertz CT molecular complexity index is 956. The molecule has 1 aromatic carbocycles. The largest absolute Gasteiger partial charge is 0.502 e. The smallest absolute Gasteiger partial charge is 0.291 e. The summed E-state index contributed by atoms with van der Waals surface area (Å²) in [5, 5.41) is 12.5. The van der Waals surface area contributed by atoms with Crippen molar-refractivity contribution in [2.45, 2.75) is 6.54 Å². The molecule has 0 radical (unpaired) electrons. The Morgan fingerprint density at radius 3 is 2.56 bits per heavy atom. The third-order valence-corrected chi connectivity index (χ3v) is 3.49. The molecule has 0 atom stereocenters. The van der Waals surface area contributed by atoms with Crippen LogP contribution in [0.2, 0.25) is 0 Å². The minimum absolute atomic E-state index is 0.120. The number of H-pyrrole nitrogens is 1. The van der Waals surface area contributed by atoms with Gasteiger partial charge in [0.15, 0.2) is 5.75 Å². The Morgan fingerprint density at radius 2 is 1.88 bits per heavy atom. The Labute approximate surface area is 141 Å². The summed E-state index contributed by atoms with van der Waals surface area (Å²) in [5.74, 6) is -1.69. The third-order valence-electron chi connectivity index (χ3n) is 3.49. The molecule has 2 heterocycles. The van der Waals surface area contributed by atoms with Crippen molar-refractivity contribution in [3.63, 3.8) is 0 Å². The maximum atomic E-state index is 12.9. The molecule has 0 spiro atoms. The number of rotatable bonds is 4. The number of aromatic amines is 1. The van der Waals surface area contributed by atoms with Crippen LogP contribution in [0.15, 0.2) is 53.8 Å².